The predicted octanol–water partition coefficient (Wildman–Crippen LogP) is -0.207. The standard InChI is InChI=1S/C10H22O4Si4/c1-4-15-11-10-8-7-9-18(12-10,13-16-5-2)14-17-6-3/h4-6,10H,1-3,7-9,15-17H2. The van der Waals surface area contributed by atoms with Crippen molar-refractivity contribution < 1.29 is 17.1 Å². The minimum absolute atomic E-state index is 0.160. The Bertz CT molecular complexity index is 275. The Balaban J connectivity index is 2.58. The molecule has 1 aliphatic heterocycles. The molecule has 102 valence electrons. The van der Waals surface area contributed by atoms with Crippen LogP contribution in [0.1, 0.15) is 12.8 Å². The van der Waals surface area contributed by atoms with Gasteiger partial charge >= 0.3 is 8.80 Å². The van der Waals surface area contributed by atoms with Gasteiger partial charge in [-0.05, 0) is 12.8 Å². The summed E-state index contributed by atoms with van der Waals surface area (Å²) in [5.41, 5.74) is 5.58. The smallest absolute Gasteiger partial charge is 0.418 e. The van der Waals surface area contributed by atoms with Gasteiger partial charge < -0.3 is 17.1 Å². The van der Waals surface area contributed by atoms with E-state index < -0.39 is 38.1 Å². The molecule has 1 heterocycles. The Labute approximate surface area is 117 Å². The Morgan fingerprint density at radius 2 is 1.67 bits per heavy atom. The van der Waals surface area contributed by atoms with Gasteiger partial charge in [0.1, 0.15) is 6.29 Å². The highest BCUT2D eigenvalue weighted by Crippen LogP contribution is 2.28. The molecular weight excluding hydrogens is 296 g/mol. The van der Waals surface area contributed by atoms with Gasteiger partial charge in [-0.25, -0.2) is 0 Å². The first-order chi connectivity index (χ1) is 8.76. The normalized spacial score (nSPS) is 29.7. The molecule has 1 atom stereocenters. The summed E-state index contributed by atoms with van der Waals surface area (Å²) in [6.45, 7) is 11.2. The third kappa shape index (κ3) is 5.28. The van der Waals surface area contributed by atoms with Crippen molar-refractivity contribution in [2.24, 2.45) is 0 Å². The van der Waals surface area contributed by atoms with Gasteiger partial charge in [-0.15, -0.1) is 19.7 Å². The van der Waals surface area contributed by atoms with Crippen LogP contribution in [0, 0.1) is 0 Å². The van der Waals surface area contributed by atoms with E-state index in [9.17, 15) is 0 Å². The summed E-state index contributed by atoms with van der Waals surface area (Å²) in [6.07, 6.45) is 1.81. The molecule has 1 rings (SSSR count). The highest BCUT2D eigenvalue weighted by molar-refractivity contribution is 6.71. The fraction of sp³-hybridized carbons (Fsp3) is 0.400. The third-order valence-corrected chi connectivity index (χ3v) is 10.2. The molecule has 1 fully saturated rings. The van der Waals surface area contributed by atoms with E-state index >= 15 is 0 Å². The van der Waals surface area contributed by atoms with Gasteiger partial charge in [-0.2, -0.15) is 0 Å². The topological polar surface area (TPSA) is 36.9 Å². The maximum Gasteiger partial charge on any atom is 0.481 e. The van der Waals surface area contributed by atoms with E-state index in [4.69, 9.17) is 17.1 Å². The Kier molecular flexibility index (Phi) is 7.93. The van der Waals surface area contributed by atoms with E-state index in [1.807, 2.05) is 17.1 Å². The van der Waals surface area contributed by atoms with Crippen LogP contribution in [0.2, 0.25) is 6.04 Å². The quantitative estimate of drug-likeness (QED) is 0.552. The highest BCUT2D eigenvalue weighted by atomic mass is 28.4. The number of hydrogen-bond acceptors (Lipinski definition) is 4. The van der Waals surface area contributed by atoms with E-state index in [0.29, 0.717) is 0 Å². The molecule has 0 bridgehead atoms. The molecule has 8 heteroatoms. The van der Waals surface area contributed by atoms with Gasteiger partial charge in [0.15, 0.2) is 29.3 Å². The van der Waals surface area contributed by atoms with Gasteiger partial charge in [0, 0.05) is 6.04 Å². The van der Waals surface area contributed by atoms with Crippen LogP contribution < -0.4 is 0 Å². The summed E-state index contributed by atoms with van der Waals surface area (Å²) in [4.78, 5) is 0. The van der Waals surface area contributed by atoms with Gasteiger partial charge in [0.25, 0.3) is 0 Å². The van der Waals surface area contributed by atoms with Crippen molar-refractivity contribution in [1.29, 1.82) is 0 Å². The zero-order chi connectivity index (χ0) is 13.3. The SMILES string of the molecule is C=C[SiH2]OC1CCC[Si](O[SiH2]C=C)(O[SiH2]C=C)O1. The molecule has 0 N–H and O–H groups in total. The maximum absolute atomic E-state index is 6.01. The zero-order valence-corrected chi connectivity index (χ0v) is 16.0. The van der Waals surface area contributed by atoms with Gasteiger partial charge in [0.2, 0.25) is 0 Å². The molecule has 0 aromatic heterocycles. The summed E-state index contributed by atoms with van der Waals surface area (Å²) < 4.78 is 23.6. The number of rotatable bonds is 9. The van der Waals surface area contributed by atoms with Crippen molar-refractivity contribution in [3.05, 3.63) is 36.8 Å². The van der Waals surface area contributed by atoms with E-state index in [1.54, 1.807) is 0 Å². The predicted molar refractivity (Wildman–Crippen MR) is 84.1 cm³/mol. The molecular formula is C10H22O4Si4. The average Bonchev–Trinajstić information content (AvgIpc) is 2.41. The number of hydrogen-bond donors (Lipinski definition) is 0. The molecule has 0 spiro atoms. The van der Waals surface area contributed by atoms with Crippen molar-refractivity contribution in [2.75, 3.05) is 0 Å². The van der Waals surface area contributed by atoms with Crippen molar-refractivity contribution in [3.63, 3.8) is 0 Å². The molecule has 0 aromatic carbocycles. The molecule has 0 radical (unpaired) electrons. The molecule has 4 nitrogen and oxygen atoms in total. The van der Waals surface area contributed by atoms with Gasteiger partial charge in [0.05, 0.1) is 0 Å². The Morgan fingerprint density at radius 1 is 1.06 bits per heavy atom. The second kappa shape index (κ2) is 8.93. The van der Waals surface area contributed by atoms with Crippen molar-refractivity contribution in [3.8, 4) is 0 Å². The van der Waals surface area contributed by atoms with Gasteiger partial charge in [-0.3, -0.25) is 0 Å². The van der Waals surface area contributed by atoms with Crippen molar-refractivity contribution >= 4 is 38.1 Å². The van der Waals surface area contributed by atoms with Crippen LogP contribution in [0.15, 0.2) is 36.8 Å². The van der Waals surface area contributed by atoms with E-state index in [-0.39, 0.29) is 6.29 Å². The fourth-order valence-corrected chi connectivity index (χ4v) is 9.54. The molecule has 0 aliphatic carbocycles. The first-order valence-corrected chi connectivity index (χ1v) is 12.3. The minimum atomic E-state index is -2.49. The molecule has 1 unspecified atom stereocenters. The molecule has 1 aliphatic rings. The summed E-state index contributed by atoms with van der Waals surface area (Å²) in [7, 11) is -4.67. The summed E-state index contributed by atoms with van der Waals surface area (Å²) in [6, 6.07) is 0.893. The lowest BCUT2D eigenvalue weighted by Gasteiger charge is -2.37. The maximum atomic E-state index is 6.01. The second-order valence-electron chi connectivity index (χ2n) is 3.94. The van der Waals surface area contributed by atoms with Crippen LogP contribution in [-0.2, 0) is 17.1 Å². The lowest BCUT2D eigenvalue weighted by atomic mass is 10.3. The summed E-state index contributed by atoms with van der Waals surface area (Å²) in [5.74, 6) is 0. The summed E-state index contributed by atoms with van der Waals surface area (Å²) >= 11 is 0. The van der Waals surface area contributed by atoms with Crippen LogP contribution in [0.3, 0.4) is 0 Å². The first-order valence-electron chi connectivity index (χ1n) is 6.16. The fourth-order valence-electron chi connectivity index (χ4n) is 1.72. The average molecular weight is 319 g/mol. The monoisotopic (exact) mass is 318 g/mol. The van der Waals surface area contributed by atoms with Crippen LogP contribution >= 0.6 is 0 Å². The molecule has 0 aromatic rings. The highest BCUT2D eigenvalue weighted by Gasteiger charge is 2.44. The minimum Gasteiger partial charge on any atom is -0.418 e. The Hall–Kier alpha value is -0.0725. The van der Waals surface area contributed by atoms with Crippen LogP contribution in [0.25, 0.3) is 0 Å². The first kappa shape index (κ1) is 16.0. The lowest BCUT2D eigenvalue weighted by molar-refractivity contribution is -0.0510. The van der Waals surface area contributed by atoms with Crippen molar-refractivity contribution in [2.45, 2.75) is 25.2 Å². The van der Waals surface area contributed by atoms with E-state index in [0.717, 1.165) is 18.9 Å². The van der Waals surface area contributed by atoms with E-state index in [1.165, 1.54) is 0 Å². The third-order valence-electron chi connectivity index (χ3n) is 2.48. The largest absolute Gasteiger partial charge is 0.481 e. The second-order valence-corrected chi connectivity index (χ2v) is 11.4. The molecule has 0 saturated carbocycles. The lowest BCUT2D eigenvalue weighted by Crippen LogP contribution is -2.52. The van der Waals surface area contributed by atoms with Crippen LogP contribution in [0.4, 0.5) is 0 Å². The van der Waals surface area contributed by atoms with Crippen molar-refractivity contribution in [1.82, 2.24) is 0 Å². The zero-order valence-electron chi connectivity index (χ0n) is 10.8. The van der Waals surface area contributed by atoms with Gasteiger partial charge in [-0.1, -0.05) is 17.1 Å². The molecule has 18 heavy (non-hydrogen) atoms. The molecule has 1 saturated heterocycles. The van der Waals surface area contributed by atoms with E-state index in [2.05, 4.69) is 19.7 Å². The van der Waals surface area contributed by atoms with Crippen LogP contribution in [-0.4, -0.2) is 44.4 Å². The molecule has 0 amide bonds. The Morgan fingerprint density at radius 3 is 2.22 bits per heavy atom. The van der Waals surface area contributed by atoms with Crippen LogP contribution in [0.5, 0.6) is 0 Å². The summed E-state index contributed by atoms with van der Waals surface area (Å²) in [5, 5.41) is 0.